The predicted molar refractivity (Wildman–Crippen MR) is 167 cm³/mol. The third-order valence-corrected chi connectivity index (χ3v) is 10.5. The molecule has 2 heterocycles. The molecule has 0 unspecified atom stereocenters. The third kappa shape index (κ3) is 5.87. The zero-order valence-electron chi connectivity index (χ0n) is 25.2. The number of halogens is 1. The average molecular weight is 650 g/mol. The molecule has 0 spiro atoms. The highest BCUT2D eigenvalue weighted by atomic mass is 32.2. The van der Waals surface area contributed by atoms with E-state index >= 15 is 0 Å². The average Bonchev–Trinajstić information content (AvgIpc) is 3.41. The topological polar surface area (TPSA) is 152 Å². The Balaban J connectivity index is 1.45. The highest BCUT2D eigenvalue weighted by Crippen LogP contribution is 2.55. The minimum absolute atomic E-state index is 0.0218. The van der Waals surface area contributed by atoms with Crippen molar-refractivity contribution < 1.29 is 27.2 Å². The molecule has 0 saturated heterocycles. The lowest BCUT2D eigenvalue weighted by molar-refractivity contribution is -0.119. The van der Waals surface area contributed by atoms with Crippen LogP contribution in [0.2, 0.25) is 0 Å². The van der Waals surface area contributed by atoms with Gasteiger partial charge < -0.3 is 4.90 Å². The fourth-order valence-corrected chi connectivity index (χ4v) is 7.90. The van der Waals surface area contributed by atoms with Crippen molar-refractivity contribution in [1.82, 2.24) is 10.2 Å². The van der Waals surface area contributed by atoms with Gasteiger partial charge in [-0.3, -0.25) is 19.7 Å². The molecule has 0 bridgehead atoms. The number of sulfonamides is 1. The van der Waals surface area contributed by atoms with E-state index in [-0.39, 0.29) is 33.1 Å². The Bertz CT molecular complexity index is 1870. The number of allylic oxidation sites excluding steroid dienone is 4. The number of benzene rings is 2. The van der Waals surface area contributed by atoms with E-state index in [4.69, 9.17) is 5.14 Å². The summed E-state index contributed by atoms with van der Waals surface area (Å²) in [5.74, 6) is -1.62. The van der Waals surface area contributed by atoms with E-state index in [1.54, 1.807) is 36.4 Å². The molecule has 0 saturated carbocycles. The summed E-state index contributed by atoms with van der Waals surface area (Å²) in [6.45, 7) is 8.17. The van der Waals surface area contributed by atoms with E-state index in [1.165, 1.54) is 12.1 Å². The molecule has 3 aromatic rings. The highest BCUT2D eigenvalue weighted by molar-refractivity contribution is 7.91. The predicted octanol–water partition coefficient (Wildman–Crippen LogP) is 5.47. The molecule has 10 nitrogen and oxygen atoms in total. The van der Waals surface area contributed by atoms with Gasteiger partial charge >= 0.3 is 0 Å². The van der Waals surface area contributed by atoms with Crippen molar-refractivity contribution >= 4 is 49.7 Å². The van der Waals surface area contributed by atoms with E-state index in [1.807, 2.05) is 32.6 Å². The molecule has 0 radical (unpaired) electrons. The Morgan fingerprint density at radius 1 is 0.889 bits per heavy atom. The number of nitrogens with one attached hydrogen (secondary N) is 1. The second kappa shape index (κ2) is 10.8. The Morgan fingerprint density at radius 2 is 1.42 bits per heavy atom. The van der Waals surface area contributed by atoms with Gasteiger partial charge in [-0.15, -0.1) is 10.2 Å². The third-order valence-electron chi connectivity index (χ3n) is 8.37. The highest BCUT2D eigenvalue weighted by Gasteiger charge is 2.49. The van der Waals surface area contributed by atoms with Crippen LogP contribution in [0.15, 0.2) is 75.4 Å². The van der Waals surface area contributed by atoms with E-state index in [9.17, 15) is 27.2 Å². The second-order valence-electron chi connectivity index (χ2n) is 13.3. The normalized spacial score (nSPS) is 19.8. The summed E-state index contributed by atoms with van der Waals surface area (Å²) in [4.78, 5) is 42.9. The number of carbonyl (C=O) groups excluding carboxylic acids is 3. The molecule has 2 aromatic carbocycles. The molecule has 45 heavy (non-hydrogen) atoms. The minimum atomic E-state index is -4.05. The van der Waals surface area contributed by atoms with E-state index in [2.05, 4.69) is 15.5 Å². The minimum Gasteiger partial charge on any atom is -0.317 e. The molecule has 2 aliphatic carbocycles. The zero-order chi connectivity index (χ0) is 32.5. The number of carbonyl (C=O) groups is 3. The number of Topliss-reactive ketones (excluding diaryl/α,β-unsaturated/α-hetero) is 2. The van der Waals surface area contributed by atoms with Gasteiger partial charge in [-0.05, 0) is 65.6 Å². The first-order chi connectivity index (χ1) is 21.0. The fourth-order valence-electron chi connectivity index (χ4n) is 6.57. The van der Waals surface area contributed by atoms with Gasteiger partial charge in [0.05, 0.1) is 0 Å². The van der Waals surface area contributed by atoms with Crippen molar-refractivity contribution in [2.75, 3.05) is 10.2 Å². The molecule has 3 N–H and O–H groups in total. The summed E-state index contributed by atoms with van der Waals surface area (Å²) in [6.07, 6.45) is 1.78. The number of hydrogen-bond acceptors (Lipinski definition) is 9. The van der Waals surface area contributed by atoms with Crippen LogP contribution in [0, 0.1) is 16.6 Å². The molecule has 1 aromatic heterocycles. The van der Waals surface area contributed by atoms with Gasteiger partial charge in [0, 0.05) is 52.6 Å². The number of nitrogens with zero attached hydrogens (tertiary/aromatic N) is 3. The van der Waals surface area contributed by atoms with Crippen LogP contribution in [0.25, 0.3) is 0 Å². The first-order valence-corrected chi connectivity index (χ1v) is 16.8. The molecular formula is C32H32FN5O5S2. The van der Waals surface area contributed by atoms with Gasteiger partial charge in [0.2, 0.25) is 9.47 Å². The number of anilines is 2. The summed E-state index contributed by atoms with van der Waals surface area (Å²) in [5.41, 5.74) is 3.69. The van der Waals surface area contributed by atoms with Crippen LogP contribution < -0.4 is 15.4 Å². The molecule has 0 atom stereocenters. The monoisotopic (exact) mass is 649 g/mol. The van der Waals surface area contributed by atoms with E-state index in [0.29, 0.717) is 59.4 Å². The SMILES string of the molecule is CC1(C)CC(=O)C2=C(C1)N(c1ccc(C(=O)Nc3nnc(S(N)(=O)=O)s3)cc1)C1=C(C(=O)CC(C)(C)C1)C2c1ccc(F)cc1. The van der Waals surface area contributed by atoms with Crippen LogP contribution in [0.3, 0.4) is 0 Å². The lowest BCUT2D eigenvalue weighted by atomic mass is 9.63. The lowest BCUT2D eigenvalue weighted by Gasteiger charge is -2.49. The van der Waals surface area contributed by atoms with Gasteiger partial charge in [-0.1, -0.05) is 51.2 Å². The summed E-state index contributed by atoms with van der Waals surface area (Å²) < 4.78 is 36.6. The number of hydrogen-bond donors (Lipinski definition) is 2. The van der Waals surface area contributed by atoms with Gasteiger partial charge in [0.1, 0.15) is 5.82 Å². The van der Waals surface area contributed by atoms with Crippen LogP contribution >= 0.6 is 11.3 Å². The van der Waals surface area contributed by atoms with Crippen LogP contribution in [0.4, 0.5) is 15.2 Å². The van der Waals surface area contributed by atoms with Crippen molar-refractivity contribution in [2.45, 2.75) is 63.6 Å². The quantitative estimate of drug-likeness (QED) is 0.346. The standard InChI is InChI=1S/C32H32FN5O5S2/c1-31(2)13-21-26(23(39)15-31)25(17-5-9-19(33)10-6-17)27-22(14-32(3,4)16-24(27)40)38(21)20-11-7-18(8-12-20)28(41)35-29-36-37-30(44-29)45(34,42)43/h5-12,25H,13-16H2,1-4H3,(H2,34,42,43)(H,35,36,41). The number of aromatic nitrogens is 2. The maximum Gasteiger partial charge on any atom is 0.267 e. The smallest absolute Gasteiger partial charge is 0.267 e. The van der Waals surface area contributed by atoms with Gasteiger partial charge in [0.25, 0.3) is 15.9 Å². The van der Waals surface area contributed by atoms with E-state index in [0.717, 1.165) is 11.4 Å². The molecule has 13 heteroatoms. The largest absolute Gasteiger partial charge is 0.317 e. The first kappa shape index (κ1) is 30.9. The van der Waals surface area contributed by atoms with Gasteiger partial charge in [0.15, 0.2) is 11.6 Å². The summed E-state index contributed by atoms with van der Waals surface area (Å²) >= 11 is 0.640. The van der Waals surface area contributed by atoms with Crippen LogP contribution in [0.5, 0.6) is 0 Å². The molecule has 6 rings (SSSR count). The molecule has 0 fully saturated rings. The van der Waals surface area contributed by atoms with Crippen molar-refractivity contribution in [3.05, 3.63) is 88.0 Å². The van der Waals surface area contributed by atoms with Gasteiger partial charge in [-0.2, -0.15) is 0 Å². The van der Waals surface area contributed by atoms with Crippen LogP contribution in [-0.4, -0.2) is 36.1 Å². The number of rotatable bonds is 5. The molecular weight excluding hydrogens is 618 g/mol. The second-order valence-corrected chi connectivity index (χ2v) is 16.1. The Morgan fingerprint density at radius 3 is 1.91 bits per heavy atom. The zero-order valence-corrected chi connectivity index (χ0v) is 26.8. The molecule has 1 amide bonds. The number of amides is 1. The summed E-state index contributed by atoms with van der Waals surface area (Å²) in [7, 11) is -4.05. The molecule has 234 valence electrons. The Hall–Kier alpha value is -4.07. The Labute approximate surface area is 264 Å². The number of nitrogens with two attached hydrogens (primary N) is 1. The fraction of sp³-hybridized carbons (Fsp3) is 0.344. The number of primary sulfonamides is 1. The summed E-state index contributed by atoms with van der Waals surface area (Å²) in [5, 5.41) is 14.8. The van der Waals surface area contributed by atoms with Crippen LogP contribution in [-0.2, 0) is 19.6 Å². The van der Waals surface area contributed by atoms with Crippen molar-refractivity contribution in [1.29, 1.82) is 0 Å². The van der Waals surface area contributed by atoms with Gasteiger partial charge in [-0.25, -0.2) is 17.9 Å². The van der Waals surface area contributed by atoms with Crippen molar-refractivity contribution in [2.24, 2.45) is 16.0 Å². The lowest BCUT2D eigenvalue weighted by Crippen LogP contribution is -2.44. The number of ketones is 2. The van der Waals surface area contributed by atoms with Crippen molar-refractivity contribution in [3.63, 3.8) is 0 Å². The molecule has 3 aliphatic rings. The molecule has 1 aliphatic heterocycles. The van der Waals surface area contributed by atoms with Crippen LogP contribution in [0.1, 0.15) is 75.2 Å². The summed E-state index contributed by atoms with van der Waals surface area (Å²) in [6, 6.07) is 12.8. The maximum absolute atomic E-state index is 14.0. The first-order valence-electron chi connectivity index (χ1n) is 14.4. The Kier molecular flexibility index (Phi) is 7.41. The maximum atomic E-state index is 14.0. The van der Waals surface area contributed by atoms with Crippen molar-refractivity contribution in [3.8, 4) is 0 Å². The van der Waals surface area contributed by atoms with E-state index < -0.39 is 32.0 Å².